The number of halogens is 2. The first-order chi connectivity index (χ1) is 34.8. The number of hydrogen-bond acceptors (Lipinski definition) is 17. The first-order valence-corrected chi connectivity index (χ1v) is 24.9. The van der Waals surface area contributed by atoms with E-state index < -0.39 is 54.5 Å². The number of phosphoric acid groups is 1. The summed E-state index contributed by atoms with van der Waals surface area (Å²) in [5, 5.41) is 18.2. The number of aromatic carboxylic acids is 1. The average molecular weight is 1080 g/mol. The number of anilines is 2. The number of urea groups is 1. The van der Waals surface area contributed by atoms with Crippen molar-refractivity contribution < 1.29 is 116 Å². The van der Waals surface area contributed by atoms with Crippen LogP contribution in [0.2, 0.25) is 0 Å². The summed E-state index contributed by atoms with van der Waals surface area (Å²) in [6.45, 7) is 7.75. The van der Waals surface area contributed by atoms with Crippen molar-refractivity contribution in [3.63, 3.8) is 0 Å². The first-order valence-electron chi connectivity index (χ1n) is 23.5. The Morgan fingerprint density at radius 2 is 1.77 bits per heavy atom. The molecule has 10 rings (SSSR count). The maximum atomic E-state index is 15.9. The molecule has 4 fully saturated rings. The normalized spacial score (nSPS) is 18.1. The minimum atomic E-state index is -5.29. The maximum absolute atomic E-state index is 15.9. The number of nitrogens with one attached hydrogen (secondary N) is 4. The van der Waals surface area contributed by atoms with E-state index in [1.165, 1.54) is 70.3 Å². The van der Waals surface area contributed by atoms with E-state index >= 15 is 8.78 Å². The van der Waals surface area contributed by atoms with Crippen molar-refractivity contribution >= 4 is 59.3 Å². The molecule has 3 atom stereocenters. The number of aromatic nitrogens is 7. The largest absolute Gasteiger partial charge is 1.00 e. The number of carboxylic acids is 1. The number of carboxylic acid groups (broad SMARTS) is 1. The molecule has 75 heavy (non-hydrogen) atoms. The average Bonchev–Trinajstić information content (AvgIpc) is 3.66. The van der Waals surface area contributed by atoms with E-state index in [4.69, 9.17) is 15.2 Å². The van der Waals surface area contributed by atoms with Crippen molar-refractivity contribution in [1.29, 1.82) is 0 Å². The number of H-pyrrole nitrogens is 1. The Kier molecular flexibility index (Phi) is 19.7. The van der Waals surface area contributed by atoms with Gasteiger partial charge in [-0.3, -0.25) is 19.9 Å². The fourth-order valence-electron chi connectivity index (χ4n) is 9.31. The number of imidazole rings is 1. The van der Waals surface area contributed by atoms with Gasteiger partial charge in [0.1, 0.15) is 28.4 Å². The van der Waals surface area contributed by atoms with Gasteiger partial charge in [-0.25, -0.2) is 38.3 Å². The molecule has 28 heteroatoms. The third kappa shape index (κ3) is 13.6. The van der Waals surface area contributed by atoms with Gasteiger partial charge in [0, 0.05) is 86.0 Å². The van der Waals surface area contributed by atoms with E-state index in [9.17, 15) is 38.6 Å². The Balaban J connectivity index is 0.000000206. The molecule has 6 aromatic rings. The molecule has 0 radical (unpaired) electrons. The SMILES string of the molecule is CCNC(=O)Nc1nc2c([C@H]3CCCO3)c(F)c(-c3cnc(C(C)(C)OP(=O)([O-])[O-])nc3)cc2[nH]1.COc1c(N2C[C@@H]3CCCN[C@@H]3C2)c(F)cc2c(=O)c(C(=O)O)cn(C3CC3)c12.NC(=O)c1cnccn1.[Na+].[Na+]. The molecule has 3 aliphatic heterocycles. The number of carbonyl (C=O) groups is 3. The summed E-state index contributed by atoms with van der Waals surface area (Å²) in [4.78, 5) is 93.5. The summed E-state index contributed by atoms with van der Waals surface area (Å²) in [6, 6.07) is 2.67. The van der Waals surface area contributed by atoms with Crippen molar-refractivity contribution in [2.45, 2.75) is 83.1 Å². The third-order valence-electron chi connectivity index (χ3n) is 12.7. The van der Waals surface area contributed by atoms with Gasteiger partial charge in [0.05, 0.1) is 49.2 Å². The minimum absolute atomic E-state index is 0. The van der Waals surface area contributed by atoms with E-state index in [-0.39, 0.29) is 105 Å². The Bertz CT molecular complexity index is 3150. The topological polar surface area (TPSA) is 330 Å². The fourth-order valence-corrected chi connectivity index (χ4v) is 9.95. The summed E-state index contributed by atoms with van der Waals surface area (Å²) in [6.07, 6.45) is 13.1. The summed E-state index contributed by atoms with van der Waals surface area (Å²) >= 11 is 0. The van der Waals surface area contributed by atoms with Gasteiger partial charge < -0.3 is 64.3 Å². The van der Waals surface area contributed by atoms with Crippen LogP contribution in [0.25, 0.3) is 33.1 Å². The number of benzene rings is 2. The van der Waals surface area contributed by atoms with Crippen LogP contribution >= 0.6 is 7.82 Å². The molecule has 0 unspecified atom stereocenters. The molecule has 3 saturated heterocycles. The van der Waals surface area contributed by atoms with Crippen LogP contribution in [0.3, 0.4) is 0 Å². The number of hydrogen-bond donors (Lipinski definition) is 6. The zero-order valence-corrected chi connectivity index (χ0v) is 47.0. The van der Waals surface area contributed by atoms with Gasteiger partial charge in [0.15, 0.2) is 17.4 Å². The van der Waals surface area contributed by atoms with E-state index in [0.717, 1.165) is 45.2 Å². The number of methoxy groups -OCH3 is 1. The zero-order valence-electron chi connectivity index (χ0n) is 42.1. The molecule has 4 aliphatic rings. The number of phosphoric ester groups is 1. The Morgan fingerprint density at radius 1 is 1.04 bits per heavy atom. The molecule has 1 aliphatic carbocycles. The number of aromatic amines is 1. The summed E-state index contributed by atoms with van der Waals surface area (Å²) in [5.41, 5.74) is 4.80. The molecule has 388 valence electrons. The summed E-state index contributed by atoms with van der Waals surface area (Å²) in [5.74, 6) is -2.11. The van der Waals surface area contributed by atoms with Crippen LogP contribution < -0.4 is 106 Å². The number of nitrogens with two attached hydrogens (primary N) is 1. The smallest absolute Gasteiger partial charge is 0.790 e. The number of carbonyl (C=O) groups excluding carboxylic acids is 2. The zero-order chi connectivity index (χ0) is 52.4. The van der Waals surface area contributed by atoms with Crippen molar-refractivity contribution in [3.05, 3.63) is 93.8 Å². The standard InChI is InChI=1S/C21H26FN6O6P.C21H24FN3O4.C5H5N3O.2Na/c1-4-23-20(29)28-19-26-13-8-12(16(22)15(17(13)27-19)14-6-5-7-33-14)11-9-24-18(25-10-11)21(2,3)34-35(30,31)32;1-29-20-17-13(19(26)14(21(27)28)9-25(17)12-4-5-12)7-15(22)18(20)24-8-11-3-2-6-23-16(11)10-24;6-5(9)4-3-7-1-2-8-4;;/h8-10,14H,4-7H2,1-3H3,(H2,30,31,32)(H3,23,26,27,28,29);7,9,11-12,16,23H,2-6,8,10H2,1H3,(H,27,28);1-3H,(H2,6,9);;/q;;;2*+1/p-2/t14-;11-,16+;;;/m10.../s1. The van der Waals surface area contributed by atoms with Gasteiger partial charge in [0.25, 0.3) is 5.91 Å². The third-order valence-corrected chi connectivity index (χ3v) is 13.4. The number of ether oxygens (including phenoxy) is 2. The number of amides is 3. The Morgan fingerprint density at radius 3 is 2.35 bits per heavy atom. The monoisotopic (exact) mass is 1080 g/mol. The van der Waals surface area contributed by atoms with Crippen molar-refractivity contribution in [2.24, 2.45) is 11.7 Å². The molecule has 3 amide bonds. The number of piperidine rings is 1. The van der Waals surface area contributed by atoms with Crippen LogP contribution in [-0.4, -0.2) is 103 Å². The van der Waals surface area contributed by atoms with Crippen LogP contribution in [0, 0.1) is 17.6 Å². The predicted octanol–water partition coefficient (Wildman–Crippen LogP) is -1.81. The second-order valence-electron chi connectivity index (χ2n) is 18.2. The second-order valence-corrected chi connectivity index (χ2v) is 19.3. The molecular weight excluding hydrogens is 1020 g/mol. The van der Waals surface area contributed by atoms with Gasteiger partial charge in [-0.1, -0.05) is 0 Å². The van der Waals surface area contributed by atoms with Gasteiger partial charge in [-0.2, -0.15) is 0 Å². The Hall–Kier alpha value is -5.02. The van der Waals surface area contributed by atoms with E-state index in [0.29, 0.717) is 71.6 Å². The molecule has 23 nitrogen and oxygen atoms in total. The number of nitrogens with zero attached hydrogens (tertiary/aromatic N) is 7. The molecule has 2 aromatic carbocycles. The van der Waals surface area contributed by atoms with E-state index in [2.05, 4.69) is 50.4 Å². The molecular formula is C47H53F2N12Na2O11P. The minimum Gasteiger partial charge on any atom is -0.790 e. The van der Waals surface area contributed by atoms with E-state index in [1.54, 1.807) is 11.5 Å². The van der Waals surface area contributed by atoms with Crippen LogP contribution in [-0.2, 0) is 19.4 Å². The van der Waals surface area contributed by atoms with Crippen molar-refractivity contribution in [1.82, 2.24) is 45.1 Å². The van der Waals surface area contributed by atoms with Crippen LogP contribution in [0.15, 0.2) is 54.1 Å². The molecule has 7 heterocycles. The van der Waals surface area contributed by atoms with Crippen LogP contribution in [0.1, 0.15) is 104 Å². The summed E-state index contributed by atoms with van der Waals surface area (Å²) in [7, 11) is -3.81. The fraction of sp³-hybridized carbons (Fsp3) is 0.426. The van der Waals surface area contributed by atoms with Gasteiger partial charge >= 0.3 is 71.1 Å². The number of fused-ring (bicyclic) bond motifs is 3. The molecule has 7 N–H and O–H groups in total. The predicted molar refractivity (Wildman–Crippen MR) is 257 cm³/mol. The molecule has 1 saturated carbocycles. The van der Waals surface area contributed by atoms with E-state index in [1.807, 2.05) is 4.90 Å². The number of rotatable bonds is 12. The van der Waals surface area contributed by atoms with Gasteiger partial charge in [-0.05, 0) is 83.9 Å². The van der Waals surface area contributed by atoms with Crippen molar-refractivity contribution in [2.75, 3.05) is 50.1 Å². The number of primary amides is 1. The van der Waals surface area contributed by atoms with Crippen molar-refractivity contribution in [3.8, 4) is 16.9 Å². The Labute approximate surface area is 472 Å². The quantitative estimate of drug-likeness (QED) is 0.0581. The molecule has 0 bridgehead atoms. The van der Waals surface area contributed by atoms with Crippen LogP contribution in [0.5, 0.6) is 5.75 Å². The second kappa shape index (κ2) is 25.0. The summed E-state index contributed by atoms with van der Waals surface area (Å²) < 4.78 is 60.0. The first kappa shape index (κ1) is 59.2. The molecule has 0 spiro atoms. The van der Waals surface area contributed by atoms with Gasteiger partial charge in [-0.15, -0.1) is 0 Å². The number of pyridine rings is 1. The maximum Gasteiger partial charge on any atom is 1.00 e. The van der Waals surface area contributed by atoms with Gasteiger partial charge in [0.2, 0.25) is 11.4 Å². The molecule has 4 aromatic heterocycles. The van der Waals surface area contributed by atoms with Crippen LogP contribution in [0.4, 0.5) is 25.2 Å².